The topological polar surface area (TPSA) is 53.0 Å². The van der Waals surface area contributed by atoms with Gasteiger partial charge in [0.25, 0.3) is 0 Å². The zero-order chi connectivity index (χ0) is 14.5. The molecule has 1 fully saturated rings. The van der Waals surface area contributed by atoms with Crippen molar-refractivity contribution in [3.8, 4) is 5.75 Å². The van der Waals surface area contributed by atoms with Crippen molar-refractivity contribution in [1.82, 2.24) is 9.80 Å². The minimum absolute atomic E-state index is 0.0174. The van der Waals surface area contributed by atoms with Crippen molar-refractivity contribution in [1.29, 1.82) is 0 Å². The lowest BCUT2D eigenvalue weighted by molar-refractivity contribution is -0.128. The van der Waals surface area contributed by atoms with E-state index >= 15 is 0 Å². The third kappa shape index (κ3) is 4.21. The fraction of sp³-hybridized carbons (Fsp3) is 0.533. The third-order valence-electron chi connectivity index (χ3n) is 3.30. The van der Waals surface area contributed by atoms with Crippen molar-refractivity contribution in [2.45, 2.75) is 19.1 Å². The molecule has 5 heteroatoms. The van der Waals surface area contributed by atoms with Gasteiger partial charge in [-0.05, 0) is 31.8 Å². The second kappa shape index (κ2) is 6.72. The van der Waals surface area contributed by atoms with Crippen molar-refractivity contribution in [3.63, 3.8) is 0 Å². The molecule has 0 radical (unpaired) electrons. The summed E-state index contributed by atoms with van der Waals surface area (Å²) in [7, 11) is 4.02. The lowest BCUT2D eigenvalue weighted by Crippen LogP contribution is -2.25. The van der Waals surface area contributed by atoms with Crippen LogP contribution in [0, 0.1) is 0 Å². The van der Waals surface area contributed by atoms with E-state index in [1.807, 2.05) is 38.4 Å². The van der Waals surface area contributed by atoms with Crippen LogP contribution in [0.15, 0.2) is 24.3 Å². The van der Waals surface area contributed by atoms with Gasteiger partial charge >= 0.3 is 0 Å². The normalized spacial score (nSPS) is 18.9. The number of hydrogen-bond acceptors (Lipinski definition) is 4. The van der Waals surface area contributed by atoms with E-state index < -0.39 is 6.10 Å². The minimum Gasteiger partial charge on any atom is -0.492 e. The number of carbonyl (C=O) groups excluding carboxylic acids is 1. The Morgan fingerprint density at radius 2 is 2.05 bits per heavy atom. The van der Waals surface area contributed by atoms with Gasteiger partial charge in [0.2, 0.25) is 5.91 Å². The highest BCUT2D eigenvalue weighted by Gasteiger charge is 2.27. The first kappa shape index (κ1) is 14.8. The molecule has 1 N–H and O–H groups in total. The highest BCUT2D eigenvalue weighted by atomic mass is 16.5. The van der Waals surface area contributed by atoms with E-state index in [0.717, 1.165) is 17.9 Å². The number of nitrogens with zero attached hydrogens (tertiary/aromatic N) is 2. The Balaban J connectivity index is 1.84. The van der Waals surface area contributed by atoms with E-state index in [1.165, 1.54) is 0 Å². The molecule has 0 bridgehead atoms. The lowest BCUT2D eigenvalue weighted by Gasteiger charge is -2.16. The van der Waals surface area contributed by atoms with Gasteiger partial charge in [0.05, 0.1) is 12.5 Å². The zero-order valence-electron chi connectivity index (χ0n) is 12.1. The Hall–Kier alpha value is -1.59. The van der Waals surface area contributed by atoms with Crippen LogP contribution in [0.3, 0.4) is 0 Å². The predicted octanol–water partition coefficient (Wildman–Crippen LogP) is 0.720. The molecular weight excluding hydrogens is 256 g/mol. The third-order valence-corrected chi connectivity index (χ3v) is 3.30. The summed E-state index contributed by atoms with van der Waals surface area (Å²) in [6.45, 7) is 2.51. The summed E-state index contributed by atoms with van der Waals surface area (Å²) in [4.78, 5) is 15.4. The number of hydrogen-bond donors (Lipinski definition) is 1. The van der Waals surface area contributed by atoms with E-state index in [1.54, 1.807) is 4.90 Å². The predicted molar refractivity (Wildman–Crippen MR) is 76.5 cm³/mol. The molecule has 1 aliphatic rings. The number of likely N-dealkylation sites (N-methyl/N-ethyl adjacent to an activating group) is 1. The Labute approximate surface area is 119 Å². The molecule has 0 saturated carbocycles. The van der Waals surface area contributed by atoms with Crippen molar-refractivity contribution in [2.24, 2.45) is 0 Å². The molecule has 1 unspecified atom stereocenters. The number of carbonyl (C=O) groups is 1. The van der Waals surface area contributed by atoms with E-state index in [9.17, 15) is 9.90 Å². The van der Waals surface area contributed by atoms with E-state index in [4.69, 9.17) is 4.74 Å². The number of ether oxygens (including phenoxy) is 1. The van der Waals surface area contributed by atoms with Crippen LogP contribution in [-0.4, -0.2) is 60.7 Å². The van der Waals surface area contributed by atoms with Crippen LogP contribution in [0.25, 0.3) is 0 Å². The molecule has 0 spiro atoms. The maximum atomic E-state index is 11.6. The number of aliphatic hydroxyl groups is 1. The summed E-state index contributed by atoms with van der Waals surface area (Å²) in [5.41, 5.74) is 1.05. The molecule has 2 rings (SSSR count). The zero-order valence-corrected chi connectivity index (χ0v) is 12.1. The van der Waals surface area contributed by atoms with Crippen LogP contribution < -0.4 is 4.74 Å². The minimum atomic E-state index is -0.517. The summed E-state index contributed by atoms with van der Waals surface area (Å²) in [6.07, 6.45) is -0.276. The maximum Gasteiger partial charge on any atom is 0.225 e. The van der Waals surface area contributed by atoms with E-state index in [2.05, 4.69) is 4.90 Å². The van der Waals surface area contributed by atoms with Gasteiger partial charge in [0, 0.05) is 19.6 Å². The summed E-state index contributed by atoms with van der Waals surface area (Å²) in [6, 6.07) is 7.76. The lowest BCUT2D eigenvalue weighted by atomic mass is 10.2. The van der Waals surface area contributed by atoms with Gasteiger partial charge in [-0.1, -0.05) is 12.1 Å². The van der Waals surface area contributed by atoms with Crippen LogP contribution in [0.1, 0.15) is 12.0 Å². The van der Waals surface area contributed by atoms with Crippen LogP contribution in [0.4, 0.5) is 0 Å². The van der Waals surface area contributed by atoms with Gasteiger partial charge in [0.1, 0.15) is 12.4 Å². The summed E-state index contributed by atoms with van der Waals surface area (Å²) in [5, 5.41) is 9.45. The van der Waals surface area contributed by atoms with Gasteiger partial charge in [0.15, 0.2) is 0 Å². The highest BCUT2D eigenvalue weighted by Crippen LogP contribution is 2.17. The Kier molecular flexibility index (Phi) is 4.98. The first-order valence-corrected chi connectivity index (χ1v) is 6.87. The van der Waals surface area contributed by atoms with Gasteiger partial charge in [-0.15, -0.1) is 0 Å². The molecule has 1 heterocycles. The Morgan fingerprint density at radius 3 is 2.60 bits per heavy atom. The first-order chi connectivity index (χ1) is 9.54. The second-order valence-corrected chi connectivity index (χ2v) is 5.43. The average Bonchev–Trinajstić information content (AvgIpc) is 2.69. The molecular formula is C15H22N2O3. The summed E-state index contributed by atoms with van der Waals surface area (Å²) < 4.78 is 5.62. The monoisotopic (exact) mass is 278 g/mol. The van der Waals surface area contributed by atoms with Crippen molar-refractivity contribution < 1.29 is 14.6 Å². The van der Waals surface area contributed by atoms with Gasteiger partial charge in [-0.3, -0.25) is 4.79 Å². The number of β-amino-alcohol motifs (C(OH)–C–C–N with tert-alkyl or cyclic N) is 1. The quantitative estimate of drug-likeness (QED) is 0.833. The molecule has 1 saturated heterocycles. The van der Waals surface area contributed by atoms with Crippen LogP contribution >= 0.6 is 0 Å². The highest BCUT2D eigenvalue weighted by molar-refractivity contribution is 5.79. The molecule has 5 nitrogen and oxygen atoms in total. The summed E-state index contributed by atoms with van der Waals surface area (Å²) in [5.74, 6) is 0.854. The number of benzene rings is 1. The fourth-order valence-electron chi connectivity index (χ4n) is 2.16. The fourth-order valence-corrected chi connectivity index (χ4v) is 2.16. The smallest absolute Gasteiger partial charge is 0.225 e. The first-order valence-electron chi connectivity index (χ1n) is 6.87. The largest absolute Gasteiger partial charge is 0.492 e. The number of aliphatic hydroxyl groups excluding tert-OH is 1. The van der Waals surface area contributed by atoms with Crippen LogP contribution in [0.2, 0.25) is 0 Å². The van der Waals surface area contributed by atoms with Gasteiger partial charge in [-0.25, -0.2) is 0 Å². The molecule has 0 aliphatic carbocycles. The van der Waals surface area contributed by atoms with Gasteiger partial charge in [-0.2, -0.15) is 0 Å². The van der Waals surface area contributed by atoms with Crippen molar-refractivity contribution in [3.05, 3.63) is 29.8 Å². The average molecular weight is 278 g/mol. The molecule has 0 aromatic heterocycles. The summed E-state index contributed by atoms with van der Waals surface area (Å²) >= 11 is 0. The molecule has 1 aromatic carbocycles. The van der Waals surface area contributed by atoms with Crippen LogP contribution in [0.5, 0.6) is 5.75 Å². The van der Waals surface area contributed by atoms with E-state index in [-0.39, 0.29) is 12.3 Å². The van der Waals surface area contributed by atoms with Gasteiger partial charge < -0.3 is 19.6 Å². The molecule has 1 amide bonds. The van der Waals surface area contributed by atoms with Crippen molar-refractivity contribution >= 4 is 5.91 Å². The molecule has 110 valence electrons. The van der Waals surface area contributed by atoms with Crippen LogP contribution in [-0.2, 0) is 11.3 Å². The Morgan fingerprint density at radius 1 is 1.35 bits per heavy atom. The Bertz CT molecular complexity index is 445. The SMILES string of the molecule is CN(C)CCOc1ccc(CN2CC(O)CC2=O)cc1. The van der Waals surface area contributed by atoms with Crippen molar-refractivity contribution in [2.75, 3.05) is 33.8 Å². The standard InChI is InChI=1S/C15H22N2O3/c1-16(2)7-8-20-14-5-3-12(4-6-14)10-17-11-13(18)9-15(17)19/h3-6,13,18H,7-11H2,1-2H3. The second-order valence-electron chi connectivity index (χ2n) is 5.43. The number of likely N-dealkylation sites (tertiary alicyclic amines) is 1. The number of amides is 1. The molecule has 20 heavy (non-hydrogen) atoms. The number of rotatable bonds is 6. The molecule has 1 atom stereocenters. The molecule has 1 aromatic rings. The molecule has 1 aliphatic heterocycles. The van der Waals surface area contributed by atoms with E-state index in [0.29, 0.717) is 19.7 Å². The maximum absolute atomic E-state index is 11.6.